The number of nitrogens with one attached hydrogen (secondary N) is 1. The predicted octanol–water partition coefficient (Wildman–Crippen LogP) is 2.80. The van der Waals surface area contributed by atoms with Crippen molar-refractivity contribution in [2.45, 2.75) is 19.3 Å². The van der Waals surface area contributed by atoms with Crippen LogP contribution in [0.3, 0.4) is 0 Å². The summed E-state index contributed by atoms with van der Waals surface area (Å²) in [7, 11) is 0. The highest BCUT2D eigenvalue weighted by Crippen LogP contribution is 2.20. The van der Waals surface area contributed by atoms with Crippen molar-refractivity contribution in [3.05, 3.63) is 75.3 Å². The third kappa shape index (κ3) is 4.39. The number of nitrogens with zero attached hydrogens (tertiary/aromatic N) is 1. The van der Waals surface area contributed by atoms with Gasteiger partial charge >= 0.3 is 0 Å². The van der Waals surface area contributed by atoms with Crippen LogP contribution >= 0.6 is 0 Å². The molecule has 0 aliphatic carbocycles. The molecule has 2 aromatic carbocycles. The molecule has 0 saturated heterocycles. The molecule has 0 heterocycles. The summed E-state index contributed by atoms with van der Waals surface area (Å²) in [5, 5.41) is 22.8. The van der Waals surface area contributed by atoms with E-state index >= 15 is 0 Å². The van der Waals surface area contributed by atoms with Crippen molar-refractivity contribution in [3.8, 4) is 0 Å². The summed E-state index contributed by atoms with van der Waals surface area (Å²) >= 11 is 0. The van der Waals surface area contributed by atoms with Crippen LogP contribution in [-0.4, -0.2) is 29.1 Å². The summed E-state index contributed by atoms with van der Waals surface area (Å²) in [6.45, 7) is 2.09. The average molecular weight is 328 g/mol. The summed E-state index contributed by atoms with van der Waals surface area (Å²) in [5.74, 6) is -0.264. The van der Waals surface area contributed by atoms with Gasteiger partial charge in [0.2, 0.25) is 0 Å². The van der Waals surface area contributed by atoms with Gasteiger partial charge in [-0.05, 0) is 30.5 Å². The predicted molar refractivity (Wildman–Crippen MR) is 91.1 cm³/mol. The molecule has 1 unspecified atom stereocenters. The zero-order valence-corrected chi connectivity index (χ0v) is 13.4. The van der Waals surface area contributed by atoms with E-state index in [1.54, 1.807) is 6.92 Å². The maximum absolute atomic E-state index is 12.3. The molecule has 0 fully saturated rings. The van der Waals surface area contributed by atoms with Crippen LogP contribution < -0.4 is 5.32 Å². The van der Waals surface area contributed by atoms with E-state index in [0.717, 1.165) is 5.56 Å². The Morgan fingerprint density at radius 2 is 1.96 bits per heavy atom. The number of carbonyl (C=O) groups excluding carboxylic acids is 1. The standard InChI is InChI=1S/C18H20N2O4/c1-13-11-16(20(23)24)7-8-17(13)18(22)19-12-15(9-10-21)14-5-3-2-4-6-14/h2-8,11,15,21H,9-10,12H2,1H3,(H,19,22). The Hall–Kier alpha value is -2.73. The number of hydrogen-bond donors (Lipinski definition) is 2. The van der Waals surface area contributed by atoms with Crippen molar-refractivity contribution in [2.24, 2.45) is 0 Å². The fraction of sp³-hybridized carbons (Fsp3) is 0.278. The molecule has 126 valence electrons. The monoisotopic (exact) mass is 328 g/mol. The average Bonchev–Trinajstić information content (AvgIpc) is 2.58. The Kier molecular flexibility index (Phi) is 6.03. The van der Waals surface area contributed by atoms with Gasteiger partial charge in [0, 0.05) is 36.8 Å². The van der Waals surface area contributed by atoms with Gasteiger partial charge < -0.3 is 10.4 Å². The second kappa shape index (κ2) is 8.21. The molecule has 0 bridgehead atoms. The van der Waals surface area contributed by atoms with E-state index in [9.17, 15) is 20.0 Å². The fourth-order valence-corrected chi connectivity index (χ4v) is 2.59. The molecule has 1 amide bonds. The molecule has 0 saturated carbocycles. The minimum Gasteiger partial charge on any atom is -0.396 e. The van der Waals surface area contributed by atoms with Gasteiger partial charge in [0.05, 0.1) is 4.92 Å². The summed E-state index contributed by atoms with van der Waals surface area (Å²) in [5.41, 5.74) is 1.98. The molecule has 6 nitrogen and oxygen atoms in total. The normalized spacial score (nSPS) is 11.8. The van der Waals surface area contributed by atoms with Crippen molar-refractivity contribution in [2.75, 3.05) is 13.2 Å². The van der Waals surface area contributed by atoms with E-state index in [1.165, 1.54) is 18.2 Å². The molecule has 0 aromatic heterocycles. The van der Waals surface area contributed by atoms with Gasteiger partial charge in [-0.15, -0.1) is 0 Å². The van der Waals surface area contributed by atoms with E-state index < -0.39 is 4.92 Å². The first-order chi connectivity index (χ1) is 11.5. The number of nitro benzene ring substituents is 1. The third-order valence-electron chi connectivity index (χ3n) is 3.92. The molecule has 24 heavy (non-hydrogen) atoms. The molecule has 0 aliphatic rings. The molecule has 0 aliphatic heterocycles. The first kappa shape index (κ1) is 17.6. The van der Waals surface area contributed by atoms with E-state index in [1.807, 2.05) is 30.3 Å². The Morgan fingerprint density at radius 1 is 1.25 bits per heavy atom. The van der Waals surface area contributed by atoms with Gasteiger partial charge in [-0.1, -0.05) is 30.3 Å². The van der Waals surface area contributed by atoms with Gasteiger partial charge in [0.1, 0.15) is 0 Å². The maximum Gasteiger partial charge on any atom is 0.269 e. The number of aliphatic hydroxyl groups excluding tert-OH is 1. The second-order valence-corrected chi connectivity index (χ2v) is 5.59. The van der Waals surface area contributed by atoms with Crippen LogP contribution in [0, 0.1) is 17.0 Å². The minimum absolute atomic E-state index is 0.0125. The molecule has 1 atom stereocenters. The molecular weight excluding hydrogens is 308 g/mol. The van der Waals surface area contributed by atoms with Gasteiger partial charge in [-0.25, -0.2) is 0 Å². The number of aryl methyl sites for hydroxylation is 1. The largest absolute Gasteiger partial charge is 0.396 e. The minimum atomic E-state index is -0.485. The first-order valence-corrected chi connectivity index (χ1v) is 7.72. The SMILES string of the molecule is Cc1cc([N+](=O)[O-])ccc1C(=O)NCC(CCO)c1ccccc1. The molecule has 2 rings (SSSR count). The molecule has 2 N–H and O–H groups in total. The number of non-ortho nitro benzene ring substituents is 1. The van der Waals surface area contributed by atoms with Crippen molar-refractivity contribution in [1.82, 2.24) is 5.32 Å². The summed E-state index contributed by atoms with van der Waals surface area (Å²) in [6.07, 6.45) is 0.545. The topological polar surface area (TPSA) is 92.5 Å². The summed E-state index contributed by atoms with van der Waals surface area (Å²) in [4.78, 5) is 22.6. The first-order valence-electron chi connectivity index (χ1n) is 7.72. The summed E-state index contributed by atoms with van der Waals surface area (Å²) in [6, 6.07) is 13.9. The lowest BCUT2D eigenvalue weighted by atomic mass is 9.96. The highest BCUT2D eigenvalue weighted by Gasteiger charge is 2.16. The number of benzene rings is 2. The van der Waals surface area contributed by atoms with Crippen molar-refractivity contribution >= 4 is 11.6 Å². The second-order valence-electron chi connectivity index (χ2n) is 5.59. The highest BCUT2D eigenvalue weighted by molar-refractivity contribution is 5.95. The number of rotatable bonds is 7. The third-order valence-corrected chi connectivity index (χ3v) is 3.92. The van der Waals surface area contributed by atoms with E-state index in [2.05, 4.69) is 5.32 Å². The summed E-state index contributed by atoms with van der Waals surface area (Å²) < 4.78 is 0. The van der Waals surface area contributed by atoms with Crippen LogP contribution in [-0.2, 0) is 0 Å². The van der Waals surface area contributed by atoms with Crippen LogP contribution in [0.4, 0.5) is 5.69 Å². The number of hydrogen-bond acceptors (Lipinski definition) is 4. The lowest BCUT2D eigenvalue weighted by Gasteiger charge is -2.17. The lowest BCUT2D eigenvalue weighted by molar-refractivity contribution is -0.384. The van der Waals surface area contributed by atoms with Crippen LogP contribution in [0.2, 0.25) is 0 Å². The number of amides is 1. The van der Waals surface area contributed by atoms with Gasteiger partial charge in [-0.3, -0.25) is 14.9 Å². The van der Waals surface area contributed by atoms with Crippen molar-refractivity contribution < 1.29 is 14.8 Å². The van der Waals surface area contributed by atoms with Crippen molar-refractivity contribution in [1.29, 1.82) is 0 Å². The van der Waals surface area contributed by atoms with Gasteiger partial charge in [0.25, 0.3) is 11.6 Å². The quantitative estimate of drug-likeness (QED) is 0.604. The Labute approximate surface area is 140 Å². The maximum atomic E-state index is 12.3. The number of carbonyl (C=O) groups is 1. The zero-order valence-electron chi connectivity index (χ0n) is 13.4. The molecule has 0 radical (unpaired) electrons. The lowest BCUT2D eigenvalue weighted by Crippen LogP contribution is -2.29. The van der Waals surface area contributed by atoms with Crippen molar-refractivity contribution in [3.63, 3.8) is 0 Å². The van der Waals surface area contributed by atoms with E-state index in [4.69, 9.17) is 0 Å². The molecule has 2 aromatic rings. The molecule has 0 spiro atoms. The van der Waals surface area contributed by atoms with Crippen LogP contribution in [0.1, 0.15) is 33.8 Å². The Balaban J connectivity index is 2.07. The van der Waals surface area contributed by atoms with Gasteiger partial charge in [-0.2, -0.15) is 0 Å². The fourth-order valence-electron chi connectivity index (χ4n) is 2.59. The zero-order chi connectivity index (χ0) is 17.5. The van der Waals surface area contributed by atoms with Crippen LogP contribution in [0.25, 0.3) is 0 Å². The van der Waals surface area contributed by atoms with Crippen LogP contribution in [0.5, 0.6) is 0 Å². The highest BCUT2D eigenvalue weighted by atomic mass is 16.6. The van der Waals surface area contributed by atoms with Gasteiger partial charge in [0.15, 0.2) is 0 Å². The van der Waals surface area contributed by atoms with E-state index in [0.29, 0.717) is 24.1 Å². The molecule has 6 heteroatoms. The molecular formula is C18H20N2O4. The van der Waals surface area contributed by atoms with E-state index in [-0.39, 0.29) is 24.1 Å². The Bertz CT molecular complexity index is 716. The smallest absolute Gasteiger partial charge is 0.269 e. The Morgan fingerprint density at radius 3 is 2.54 bits per heavy atom. The number of aliphatic hydroxyl groups is 1. The van der Waals surface area contributed by atoms with Crippen LogP contribution in [0.15, 0.2) is 48.5 Å². The number of nitro groups is 1.